The van der Waals surface area contributed by atoms with Crippen LogP contribution in [-0.4, -0.2) is 17.7 Å². The second-order valence-electron chi connectivity index (χ2n) is 8.56. The average molecular weight is 563 g/mol. The van der Waals surface area contributed by atoms with Gasteiger partial charge in [-0.25, -0.2) is 0 Å². The van der Waals surface area contributed by atoms with E-state index in [1.807, 2.05) is 0 Å². The Hall–Kier alpha value is 1.50. The summed E-state index contributed by atoms with van der Waals surface area (Å²) in [6.45, 7) is 4.95. The van der Waals surface area contributed by atoms with Gasteiger partial charge in [0.1, 0.15) is 0 Å². The Morgan fingerprint density at radius 2 is 0.862 bits per heavy atom. The minimum Gasteiger partial charge on any atom is -0.324 e. The Balaban J connectivity index is 0. The largest absolute Gasteiger partial charge is 0.328 e. The standard InChI is InChI=1S/C24H51O3P.Nd/c1-3-5-7-9-11-13-15-17-19-21-23-27-28(25,26)24-22-20-18-16-14-12-10-8-6-4-2;/h3-24H2,1-2H3,(H,25,26);. The van der Waals surface area contributed by atoms with Crippen LogP contribution < -0.4 is 0 Å². The number of hydrogen-bond donors (Lipinski definition) is 1. The first kappa shape index (κ1) is 32.7. The van der Waals surface area contributed by atoms with Crippen LogP contribution in [-0.2, 0) is 9.09 Å². The molecular weight excluding hydrogens is 511 g/mol. The molecule has 5 heteroatoms. The topological polar surface area (TPSA) is 46.5 Å². The Morgan fingerprint density at radius 1 is 0.552 bits per heavy atom. The zero-order valence-corrected chi connectivity index (χ0v) is 23.9. The van der Waals surface area contributed by atoms with E-state index in [1.54, 1.807) is 0 Å². The molecule has 1 unspecified atom stereocenters. The van der Waals surface area contributed by atoms with Crippen molar-refractivity contribution in [3.05, 3.63) is 0 Å². The molecule has 0 saturated heterocycles. The fourth-order valence-corrected chi connectivity index (χ4v) is 4.83. The second kappa shape index (κ2) is 25.8. The molecule has 174 valence electrons. The smallest absolute Gasteiger partial charge is 0.324 e. The van der Waals surface area contributed by atoms with Gasteiger partial charge >= 0.3 is 7.60 Å². The summed E-state index contributed by atoms with van der Waals surface area (Å²) in [6.07, 6.45) is 25.4. The van der Waals surface area contributed by atoms with Gasteiger partial charge in [-0.2, -0.15) is 0 Å². The minimum atomic E-state index is -3.34. The van der Waals surface area contributed by atoms with E-state index in [1.165, 1.54) is 103 Å². The van der Waals surface area contributed by atoms with Gasteiger partial charge < -0.3 is 9.42 Å². The van der Waals surface area contributed by atoms with E-state index in [4.69, 9.17) is 4.52 Å². The third-order valence-corrected chi connectivity index (χ3v) is 7.05. The summed E-state index contributed by atoms with van der Waals surface area (Å²) in [7, 11) is -3.34. The Labute approximate surface area is 216 Å². The number of rotatable bonds is 23. The summed E-state index contributed by atoms with van der Waals surface area (Å²) >= 11 is 0. The molecule has 1 N–H and O–H groups in total. The van der Waals surface area contributed by atoms with Crippen LogP contribution in [0.3, 0.4) is 0 Å². The van der Waals surface area contributed by atoms with Crippen molar-refractivity contribution in [1.29, 1.82) is 0 Å². The molecule has 0 spiro atoms. The third-order valence-electron chi connectivity index (χ3n) is 5.59. The van der Waals surface area contributed by atoms with Crippen LogP contribution in [0.2, 0.25) is 0 Å². The molecule has 0 aliphatic carbocycles. The monoisotopic (exact) mass is 560 g/mol. The first-order valence-electron chi connectivity index (χ1n) is 12.6. The molecule has 0 saturated carbocycles. The van der Waals surface area contributed by atoms with Crippen molar-refractivity contribution in [2.45, 2.75) is 142 Å². The Kier molecular flexibility index (Phi) is 29.0. The maximum absolute atomic E-state index is 12.0. The van der Waals surface area contributed by atoms with E-state index in [0.717, 1.165) is 25.7 Å². The predicted molar refractivity (Wildman–Crippen MR) is 124 cm³/mol. The molecule has 0 aromatic rings. The zero-order chi connectivity index (χ0) is 20.8. The van der Waals surface area contributed by atoms with Crippen LogP contribution >= 0.6 is 7.60 Å². The first-order valence-corrected chi connectivity index (χ1v) is 14.3. The van der Waals surface area contributed by atoms with Crippen LogP contribution in [0.5, 0.6) is 0 Å². The summed E-state index contributed by atoms with van der Waals surface area (Å²) in [5.41, 5.74) is 0. The van der Waals surface area contributed by atoms with E-state index in [9.17, 15) is 9.46 Å². The fourth-order valence-electron chi connectivity index (χ4n) is 3.66. The fraction of sp³-hybridized carbons (Fsp3) is 1.00. The van der Waals surface area contributed by atoms with Crippen LogP contribution in [0.4, 0.5) is 0 Å². The average Bonchev–Trinajstić information content (AvgIpc) is 2.67. The van der Waals surface area contributed by atoms with Crippen molar-refractivity contribution in [1.82, 2.24) is 0 Å². The molecule has 0 aliphatic rings. The van der Waals surface area contributed by atoms with Crippen molar-refractivity contribution < 1.29 is 54.8 Å². The van der Waals surface area contributed by atoms with E-state index in [2.05, 4.69) is 13.8 Å². The molecule has 29 heavy (non-hydrogen) atoms. The molecule has 0 amide bonds. The molecule has 0 rings (SSSR count). The van der Waals surface area contributed by atoms with Gasteiger partial charge in [-0.1, -0.05) is 129 Å². The second-order valence-corrected chi connectivity index (χ2v) is 10.5. The van der Waals surface area contributed by atoms with Crippen molar-refractivity contribution >= 4 is 7.60 Å². The predicted octanol–water partition coefficient (Wildman–Crippen LogP) is 9.03. The Bertz CT molecular complexity index is 353. The van der Waals surface area contributed by atoms with E-state index >= 15 is 0 Å². The zero-order valence-electron chi connectivity index (χ0n) is 19.8. The van der Waals surface area contributed by atoms with E-state index in [-0.39, 0.29) is 40.8 Å². The molecule has 3 nitrogen and oxygen atoms in total. The summed E-state index contributed by atoms with van der Waals surface area (Å²) in [5, 5.41) is 0. The van der Waals surface area contributed by atoms with Crippen LogP contribution in [0.1, 0.15) is 142 Å². The van der Waals surface area contributed by atoms with Gasteiger partial charge in [0.15, 0.2) is 0 Å². The Morgan fingerprint density at radius 3 is 1.24 bits per heavy atom. The van der Waals surface area contributed by atoms with Crippen LogP contribution in [0.25, 0.3) is 0 Å². The molecule has 0 fully saturated rings. The van der Waals surface area contributed by atoms with Crippen molar-refractivity contribution in [3.63, 3.8) is 0 Å². The molecule has 0 heterocycles. The molecule has 0 radical (unpaired) electrons. The van der Waals surface area contributed by atoms with Gasteiger partial charge in [0.05, 0.1) is 6.61 Å². The van der Waals surface area contributed by atoms with Gasteiger partial charge in [-0.3, -0.25) is 4.57 Å². The van der Waals surface area contributed by atoms with Crippen molar-refractivity contribution in [2.75, 3.05) is 12.8 Å². The van der Waals surface area contributed by atoms with Crippen LogP contribution in [0, 0.1) is 40.8 Å². The molecule has 0 aliphatic heterocycles. The number of hydrogen-bond acceptors (Lipinski definition) is 2. The summed E-state index contributed by atoms with van der Waals surface area (Å²) < 4.78 is 17.3. The van der Waals surface area contributed by atoms with Gasteiger partial charge in [0, 0.05) is 47.0 Å². The summed E-state index contributed by atoms with van der Waals surface area (Å²) in [6, 6.07) is 0. The van der Waals surface area contributed by atoms with E-state index in [0.29, 0.717) is 12.8 Å². The first-order chi connectivity index (χ1) is 13.6. The molecular formula is C24H51NdO3P. The maximum Gasteiger partial charge on any atom is 0.328 e. The van der Waals surface area contributed by atoms with E-state index < -0.39 is 7.60 Å². The van der Waals surface area contributed by atoms with Gasteiger partial charge in [-0.05, 0) is 12.8 Å². The summed E-state index contributed by atoms with van der Waals surface area (Å²) in [5.74, 6) is 0. The molecule has 0 aromatic carbocycles. The van der Waals surface area contributed by atoms with Gasteiger partial charge in [0.25, 0.3) is 0 Å². The third kappa shape index (κ3) is 27.5. The SMILES string of the molecule is CCCCCCCCCCCCOP(=O)(O)CCCCCCCCCCCC.[Nd]. The summed E-state index contributed by atoms with van der Waals surface area (Å²) in [4.78, 5) is 9.91. The van der Waals surface area contributed by atoms with Crippen molar-refractivity contribution in [2.24, 2.45) is 0 Å². The molecule has 1 atom stereocenters. The molecule has 0 bridgehead atoms. The minimum absolute atomic E-state index is 0. The van der Waals surface area contributed by atoms with Crippen molar-refractivity contribution in [3.8, 4) is 0 Å². The molecule has 0 aromatic heterocycles. The number of unbranched alkanes of at least 4 members (excludes halogenated alkanes) is 18. The van der Waals surface area contributed by atoms with Gasteiger partial charge in [-0.15, -0.1) is 0 Å². The van der Waals surface area contributed by atoms with Crippen LogP contribution in [0.15, 0.2) is 0 Å². The maximum atomic E-state index is 12.0. The quantitative estimate of drug-likeness (QED) is 0.0998. The normalized spacial score (nSPS) is 13.2. The van der Waals surface area contributed by atoms with Gasteiger partial charge in [0.2, 0.25) is 0 Å².